The third kappa shape index (κ3) is 3.40. The molecule has 1 amide bonds. The average molecular weight is 389 g/mol. The van der Waals surface area contributed by atoms with Gasteiger partial charge in [0.2, 0.25) is 0 Å². The Morgan fingerprint density at radius 2 is 1.86 bits per heavy atom. The van der Waals surface area contributed by atoms with Crippen LogP contribution in [0.2, 0.25) is 0 Å². The normalized spacial score (nSPS) is 15.7. The van der Waals surface area contributed by atoms with Gasteiger partial charge in [-0.15, -0.1) is 0 Å². The fourth-order valence-electron chi connectivity index (χ4n) is 3.94. The van der Waals surface area contributed by atoms with Crippen LogP contribution in [0.25, 0.3) is 11.1 Å². The van der Waals surface area contributed by atoms with Gasteiger partial charge in [-0.2, -0.15) is 0 Å². The Morgan fingerprint density at radius 3 is 2.62 bits per heavy atom. The van der Waals surface area contributed by atoms with Crippen LogP contribution >= 0.6 is 0 Å². The predicted octanol–water partition coefficient (Wildman–Crippen LogP) is 4.75. The summed E-state index contributed by atoms with van der Waals surface area (Å²) >= 11 is 0. The van der Waals surface area contributed by atoms with E-state index in [2.05, 4.69) is 6.07 Å². The molecule has 0 radical (unpaired) electrons. The highest BCUT2D eigenvalue weighted by Gasteiger charge is 2.30. The minimum Gasteiger partial charge on any atom is -0.508 e. The predicted molar refractivity (Wildman–Crippen MR) is 113 cm³/mol. The molecule has 3 aromatic rings. The van der Waals surface area contributed by atoms with Crippen LogP contribution in [0.3, 0.4) is 0 Å². The van der Waals surface area contributed by atoms with E-state index in [4.69, 9.17) is 4.74 Å². The second-order valence-electron chi connectivity index (χ2n) is 7.31. The van der Waals surface area contributed by atoms with Crippen molar-refractivity contribution in [3.8, 4) is 28.4 Å². The molecule has 1 aliphatic rings. The number of carbonyl (C=O) groups is 1. The maximum absolute atomic E-state index is 13.2. The lowest BCUT2D eigenvalue weighted by Crippen LogP contribution is -2.42. The summed E-state index contributed by atoms with van der Waals surface area (Å²) in [5.41, 5.74) is 4.15. The summed E-state index contributed by atoms with van der Waals surface area (Å²) in [7, 11) is 1.66. The summed E-state index contributed by atoms with van der Waals surface area (Å²) in [6.45, 7) is 2.01. The van der Waals surface area contributed by atoms with E-state index in [0.29, 0.717) is 0 Å². The fraction of sp³-hybridized carbons (Fsp3) is 0.208. The van der Waals surface area contributed by atoms with E-state index in [9.17, 15) is 15.0 Å². The molecule has 0 saturated heterocycles. The average Bonchev–Trinajstić information content (AvgIpc) is 2.73. The molecule has 0 saturated carbocycles. The monoisotopic (exact) mass is 389 g/mol. The highest BCUT2D eigenvalue weighted by molar-refractivity contribution is 6.09. The molecule has 148 valence electrons. The number of amides is 1. The van der Waals surface area contributed by atoms with E-state index in [-0.39, 0.29) is 29.0 Å². The van der Waals surface area contributed by atoms with Crippen LogP contribution in [0.1, 0.15) is 29.3 Å². The second kappa shape index (κ2) is 7.51. The largest absolute Gasteiger partial charge is 0.508 e. The number of para-hydroxylation sites is 1. The number of carbonyl (C=O) groups excluding carboxylic acids is 1. The second-order valence-corrected chi connectivity index (χ2v) is 7.31. The Kier molecular flexibility index (Phi) is 4.89. The number of phenols is 2. The molecule has 3 aromatic carbocycles. The highest BCUT2D eigenvalue weighted by Crippen LogP contribution is 2.38. The summed E-state index contributed by atoms with van der Waals surface area (Å²) in [6, 6.07) is 18.0. The van der Waals surface area contributed by atoms with E-state index < -0.39 is 0 Å². The summed E-state index contributed by atoms with van der Waals surface area (Å²) in [5.74, 6) is 0.229. The zero-order valence-corrected chi connectivity index (χ0v) is 16.4. The van der Waals surface area contributed by atoms with Crippen LogP contribution in [-0.4, -0.2) is 29.3 Å². The van der Waals surface area contributed by atoms with Crippen molar-refractivity contribution in [3.05, 3.63) is 71.8 Å². The van der Waals surface area contributed by atoms with Gasteiger partial charge < -0.3 is 19.8 Å². The molecule has 5 heteroatoms. The summed E-state index contributed by atoms with van der Waals surface area (Å²) in [5, 5.41) is 19.7. The molecule has 0 aromatic heterocycles. The number of aryl methyl sites for hydroxylation is 1. The first-order valence-electron chi connectivity index (χ1n) is 9.61. The van der Waals surface area contributed by atoms with Gasteiger partial charge in [0.1, 0.15) is 17.2 Å². The standard InChI is InChI=1S/C24H23NO4/c1-15-7-8-17-13-16(19-5-3-4-6-23(19)29-2)9-12-21(17)25(15)24(28)20-11-10-18(26)14-22(20)27/h3-6,9-15,26-27H,7-8H2,1-2H3. The van der Waals surface area contributed by atoms with Crippen LogP contribution < -0.4 is 9.64 Å². The van der Waals surface area contributed by atoms with Crippen LogP contribution in [-0.2, 0) is 6.42 Å². The summed E-state index contributed by atoms with van der Waals surface area (Å²) in [6.07, 6.45) is 1.69. The van der Waals surface area contributed by atoms with Crippen molar-refractivity contribution in [3.63, 3.8) is 0 Å². The highest BCUT2D eigenvalue weighted by atomic mass is 16.5. The van der Waals surface area contributed by atoms with Gasteiger partial charge in [-0.05, 0) is 61.2 Å². The Labute approximate surface area is 169 Å². The molecule has 4 rings (SSSR count). The molecule has 0 fully saturated rings. The molecule has 0 bridgehead atoms. The minimum absolute atomic E-state index is 0.000291. The zero-order chi connectivity index (χ0) is 20.5. The number of methoxy groups -OCH3 is 1. The van der Waals surface area contributed by atoms with Gasteiger partial charge in [0.05, 0.1) is 12.7 Å². The molecule has 0 aliphatic carbocycles. The Balaban J connectivity index is 1.75. The third-order valence-corrected chi connectivity index (χ3v) is 5.46. The topological polar surface area (TPSA) is 70.0 Å². The first-order valence-corrected chi connectivity index (χ1v) is 9.61. The number of rotatable bonds is 3. The molecule has 1 atom stereocenters. The van der Waals surface area contributed by atoms with E-state index in [1.807, 2.05) is 43.3 Å². The Morgan fingerprint density at radius 1 is 1.07 bits per heavy atom. The lowest BCUT2D eigenvalue weighted by Gasteiger charge is -2.36. The molecule has 2 N–H and O–H groups in total. The number of aromatic hydroxyl groups is 2. The molecule has 0 spiro atoms. The van der Waals surface area contributed by atoms with Gasteiger partial charge >= 0.3 is 0 Å². The van der Waals surface area contributed by atoms with Gasteiger partial charge in [-0.25, -0.2) is 0 Å². The van der Waals surface area contributed by atoms with Crippen LogP contribution in [0.5, 0.6) is 17.2 Å². The smallest absolute Gasteiger partial charge is 0.262 e. The van der Waals surface area contributed by atoms with Gasteiger partial charge in [-0.3, -0.25) is 4.79 Å². The van der Waals surface area contributed by atoms with Gasteiger partial charge in [0.25, 0.3) is 5.91 Å². The summed E-state index contributed by atoms with van der Waals surface area (Å²) < 4.78 is 5.49. The van der Waals surface area contributed by atoms with Crippen molar-refractivity contribution in [2.75, 3.05) is 12.0 Å². The van der Waals surface area contributed by atoms with E-state index in [1.54, 1.807) is 12.0 Å². The van der Waals surface area contributed by atoms with Crippen molar-refractivity contribution >= 4 is 11.6 Å². The number of phenolic OH excluding ortho intramolecular Hbond substituents is 2. The molecule has 29 heavy (non-hydrogen) atoms. The molecule has 5 nitrogen and oxygen atoms in total. The number of ether oxygens (including phenoxy) is 1. The summed E-state index contributed by atoms with van der Waals surface area (Å²) in [4.78, 5) is 15.0. The number of fused-ring (bicyclic) bond motifs is 1. The molecule has 1 unspecified atom stereocenters. The van der Waals surface area contributed by atoms with Crippen LogP contribution in [0, 0.1) is 0 Å². The van der Waals surface area contributed by atoms with Crippen molar-refractivity contribution in [1.82, 2.24) is 0 Å². The van der Waals surface area contributed by atoms with Gasteiger partial charge in [-0.1, -0.05) is 24.3 Å². The van der Waals surface area contributed by atoms with E-state index in [1.165, 1.54) is 18.2 Å². The SMILES string of the molecule is COc1ccccc1-c1ccc2c(c1)CCC(C)N2C(=O)c1ccc(O)cc1O. The lowest BCUT2D eigenvalue weighted by molar-refractivity contribution is 0.0972. The zero-order valence-electron chi connectivity index (χ0n) is 16.4. The van der Waals surface area contributed by atoms with Gasteiger partial charge in [0.15, 0.2) is 0 Å². The van der Waals surface area contributed by atoms with Crippen molar-refractivity contribution in [2.45, 2.75) is 25.8 Å². The van der Waals surface area contributed by atoms with E-state index in [0.717, 1.165) is 41.0 Å². The van der Waals surface area contributed by atoms with Crippen LogP contribution in [0.15, 0.2) is 60.7 Å². The maximum atomic E-state index is 13.2. The first kappa shape index (κ1) is 18.9. The number of hydrogen-bond donors (Lipinski definition) is 2. The minimum atomic E-state index is -0.277. The van der Waals surface area contributed by atoms with Crippen molar-refractivity contribution in [1.29, 1.82) is 0 Å². The number of hydrogen-bond acceptors (Lipinski definition) is 4. The number of anilines is 1. The fourth-order valence-corrected chi connectivity index (χ4v) is 3.94. The molecular weight excluding hydrogens is 366 g/mol. The van der Waals surface area contributed by atoms with Gasteiger partial charge in [0, 0.05) is 23.4 Å². The van der Waals surface area contributed by atoms with E-state index >= 15 is 0 Å². The number of nitrogens with zero attached hydrogens (tertiary/aromatic N) is 1. The molecule has 1 aliphatic heterocycles. The Bertz CT molecular complexity index is 1080. The molecular formula is C24H23NO4. The Hall–Kier alpha value is -3.47. The molecule has 1 heterocycles. The van der Waals surface area contributed by atoms with Crippen molar-refractivity contribution in [2.24, 2.45) is 0 Å². The quantitative estimate of drug-likeness (QED) is 0.678. The maximum Gasteiger partial charge on any atom is 0.262 e. The third-order valence-electron chi connectivity index (χ3n) is 5.46. The van der Waals surface area contributed by atoms with Crippen LogP contribution in [0.4, 0.5) is 5.69 Å². The lowest BCUT2D eigenvalue weighted by atomic mass is 9.92. The van der Waals surface area contributed by atoms with Crippen molar-refractivity contribution < 1.29 is 19.7 Å². The first-order chi connectivity index (χ1) is 14.0. The number of benzene rings is 3.